The molecule has 1 atom stereocenters. The molecule has 0 radical (unpaired) electrons. The summed E-state index contributed by atoms with van der Waals surface area (Å²) in [6.07, 6.45) is 4.12. The average molecular weight is 343 g/mol. The minimum absolute atomic E-state index is 0.556. The molecule has 1 N–H and O–H groups in total. The number of nitrogens with one attached hydrogen (secondary N) is 1. The molecule has 0 amide bonds. The minimum atomic E-state index is 0.556. The predicted molar refractivity (Wildman–Crippen MR) is 79.5 cm³/mol. The third kappa shape index (κ3) is 3.19. The Balaban J connectivity index is 2.03. The molecule has 0 aliphatic heterocycles. The quantitative estimate of drug-likeness (QED) is 0.668. The molecule has 0 aliphatic rings. The van der Waals surface area contributed by atoms with Crippen LogP contribution in [0.5, 0.6) is 0 Å². The van der Waals surface area contributed by atoms with Crippen LogP contribution in [-0.2, 0) is 6.54 Å². The highest BCUT2D eigenvalue weighted by Crippen LogP contribution is 2.08. The van der Waals surface area contributed by atoms with Gasteiger partial charge in [-0.15, -0.1) is 0 Å². The van der Waals surface area contributed by atoms with Crippen molar-refractivity contribution in [3.05, 3.63) is 36.3 Å². The molecule has 0 fully saturated rings. The molecule has 2 rings (SSSR count). The summed E-state index contributed by atoms with van der Waals surface area (Å²) in [6, 6.07) is 6.62. The van der Waals surface area contributed by atoms with Crippen LogP contribution in [0.3, 0.4) is 0 Å². The highest BCUT2D eigenvalue weighted by molar-refractivity contribution is 14.1. The Bertz CT molecular complexity index is 445. The molecule has 0 saturated heterocycles. The molecule has 17 heavy (non-hydrogen) atoms. The second-order valence-corrected chi connectivity index (χ2v) is 5.46. The first-order valence-electron chi connectivity index (χ1n) is 5.92. The molecule has 2 heterocycles. The molecule has 2 aromatic heterocycles. The van der Waals surface area contributed by atoms with Gasteiger partial charge in [-0.1, -0.05) is 42.5 Å². The largest absolute Gasteiger partial charge is 0.307 e. The number of alkyl halides is 1. The summed E-state index contributed by atoms with van der Waals surface area (Å²) in [4.78, 5) is 4.58. The Morgan fingerprint density at radius 1 is 1.41 bits per heavy atom. The zero-order chi connectivity index (χ0) is 12.3. The molecule has 0 spiro atoms. The number of nitrogens with zero attached hydrogens (tertiary/aromatic N) is 2. The van der Waals surface area contributed by atoms with E-state index in [-0.39, 0.29) is 0 Å². The van der Waals surface area contributed by atoms with E-state index in [0.29, 0.717) is 12.0 Å². The van der Waals surface area contributed by atoms with Gasteiger partial charge in [-0.2, -0.15) is 0 Å². The Morgan fingerprint density at radius 2 is 2.24 bits per heavy atom. The van der Waals surface area contributed by atoms with Gasteiger partial charge < -0.3 is 9.72 Å². The van der Waals surface area contributed by atoms with Gasteiger partial charge in [0, 0.05) is 29.4 Å². The lowest BCUT2D eigenvalue weighted by Crippen LogP contribution is -2.34. The van der Waals surface area contributed by atoms with E-state index >= 15 is 0 Å². The maximum absolute atomic E-state index is 4.58. The summed E-state index contributed by atoms with van der Waals surface area (Å²) in [7, 11) is 0. The van der Waals surface area contributed by atoms with Crippen LogP contribution in [0.25, 0.3) is 5.65 Å². The van der Waals surface area contributed by atoms with Crippen molar-refractivity contribution < 1.29 is 0 Å². The maximum Gasteiger partial charge on any atom is 0.137 e. The average Bonchev–Trinajstić information content (AvgIpc) is 2.71. The highest BCUT2D eigenvalue weighted by atomic mass is 127. The number of aromatic nitrogens is 2. The van der Waals surface area contributed by atoms with Crippen molar-refractivity contribution in [3.8, 4) is 0 Å². The van der Waals surface area contributed by atoms with Crippen molar-refractivity contribution in [2.24, 2.45) is 5.92 Å². The van der Waals surface area contributed by atoms with E-state index in [0.717, 1.165) is 22.3 Å². The standard InChI is InChI=1S/C13H18IN3/c1-10(2)12(7-14)15-8-11-9-17-6-4-3-5-13(17)16-11/h3-6,9-10,12,15H,7-8H2,1-2H3. The lowest BCUT2D eigenvalue weighted by Gasteiger charge is -2.19. The van der Waals surface area contributed by atoms with E-state index in [1.165, 1.54) is 0 Å². The molecular formula is C13H18IN3. The van der Waals surface area contributed by atoms with Gasteiger partial charge in [-0.05, 0) is 18.1 Å². The van der Waals surface area contributed by atoms with E-state index in [2.05, 4.69) is 57.3 Å². The maximum atomic E-state index is 4.58. The minimum Gasteiger partial charge on any atom is -0.307 e. The third-order valence-electron chi connectivity index (χ3n) is 2.93. The third-order valence-corrected chi connectivity index (χ3v) is 3.88. The Kier molecular flexibility index (Phi) is 4.39. The first kappa shape index (κ1) is 12.8. The van der Waals surface area contributed by atoms with Gasteiger partial charge >= 0.3 is 0 Å². The van der Waals surface area contributed by atoms with Crippen LogP contribution in [0, 0.1) is 5.92 Å². The predicted octanol–water partition coefficient (Wildman–Crippen LogP) is 2.88. The zero-order valence-electron chi connectivity index (χ0n) is 10.2. The fourth-order valence-corrected chi connectivity index (χ4v) is 3.10. The summed E-state index contributed by atoms with van der Waals surface area (Å²) in [6.45, 7) is 5.34. The lowest BCUT2D eigenvalue weighted by atomic mass is 10.1. The van der Waals surface area contributed by atoms with E-state index in [9.17, 15) is 0 Å². The second kappa shape index (κ2) is 5.82. The second-order valence-electron chi connectivity index (χ2n) is 4.58. The number of halogens is 1. The van der Waals surface area contributed by atoms with Gasteiger partial charge in [-0.25, -0.2) is 4.98 Å². The molecule has 0 bridgehead atoms. The summed E-state index contributed by atoms with van der Waals surface area (Å²) in [5.74, 6) is 0.656. The van der Waals surface area contributed by atoms with Crippen LogP contribution in [0.4, 0.5) is 0 Å². The molecule has 92 valence electrons. The molecule has 1 unspecified atom stereocenters. The summed E-state index contributed by atoms with van der Waals surface area (Å²) in [5, 5.41) is 3.56. The summed E-state index contributed by atoms with van der Waals surface area (Å²) < 4.78 is 3.19. The molecule has 0 aliphatic carbocycles. The molecule has 3 nitrogen and oxygen atoms in total. The van der Waals surface area contributed by atoms with Crippen molar-refractivity contribution in [3.63, 3.8) is 0 Å². The fourth-order valence-electron chi connectivity index (χ4n) is 1.78. The van der Waals surface area contributed by atoms with Crippen molar-refractivity contribution >= 4 is 28.2 Å². The molecule has 2 aromatic rings. The molecular weight excluding hydrogens is 325 g/mol. The van der Waals surface area contributed by atoms with E-state index < -0.39 is 0 Å². The highest BCUT2D eigenvalue weighted by Gasteiger charge is 2.11. The van der Waals surface area contributed by atoms with Crippen molar-refractivity contribution in [1.82, 2.24) is 14.7 Å². The number of pyridine rings is 1. The molecule has 0 saturated carbocycles. The van der Waals surface area contributed by atoms with Crippen LogP contribution in [-0.4, -0.2) is 19.9 Å². The van der Waals surface area contributed by atoms with Crippen molar-refractivity contribution in [2.75, 3.05) is 4.43 Å². The monoisotopic (exact) mass is 343 g/mol. The van der Waals surface area contributed by atoms with E-state index in [1.54, 1.807) is 0 Å². The first-order chi connectivity index (χ1) is 8.20. The SMILES string of the molecule is CC(C)C(CI)NCc1cn2ccccc2n1. The fraction of sp³-hybridized carbons (Fsp3) is 0.462. The van der Waals surface area contributed by atoms with Gasteiger partial charge in [0.1, 0.15) is 5.65 Å². The topological polar surface area (TPSA) is 29.3 Å². The lowest BCUT2D eigenvalue weighted by molar-refractivity contribution is 0.434. The molecule has 0 aromatic carbocycles. The van der Waals surface area contributed by atoms with Crippen LogP contribution < -0.4 is 5.32 Å². The number of fused-ring (bicyclic) bond motifs is 1. The summed E-state index contributed by atoms with van der Waals surface area (Å²) >= 11 is 2.43. The normalized spacial score (nSPS) is 13.4. The Labute approximate surface area is 116 Å². The van der Waals surface area contributed by atoms with Crippen LogP contribution >= 0.6 is 22.6 Å². The zero-order valence-corrected chi connectivity index (χ0v) is 12.4. The first-order valence-corrected chi connectivity index (χ1v) is 7.45. The Hall–Kier alpha value is -0.620. The van der Waals surface area contributed by atoms with Gasteiger partial charge in [0.05, 0.1) is 5.69 Å². The van der Waals surface area contributed by atoms with Gasteiger partial charge in [0.2, 0.25) is 0 Å². The molecule has 4 heteroatoms. The van der Waals surface area contributed by atoms with Crippen molar-refractivity contribution in [1.29, 1.82) is 0 Å². The van der Waals surface area contributed by atoms with Crippen LogP contribution in [0.2, 0.25) is 0 Å². The van der Waals surface area contributed by atoms with Gasteiger partial charge in [0.25, 0.3) is 0 Å². The number of hydrogen-bond acceptors (Lipinski definition) is 2. The van der Waals surface area contributed by atoms with Crippen LogP contribution in [0.15, 0.2) is 30.6 Å². The van der Waals surface area contributed by atoms with Crippen molar-refractivity contribution in [2.45, 2.75) is 26.4 Å². The van der Waals surface area contributed by atoms with Gasteiger partial charge in [-0.3, -0.25) is 0 Å². The van der Waals surface area contributed by atoms with E-state index in [1.807, 2.05) is 24.4 Å². The smallest absolute Gasteiger partial charge is 0.137 e. The number of rotatable bonds is 5. The van der Waals surface area contributed by atoms with E-state index in [4.69, 9.17) is 0 Å². The summed E-state index contributed by atoms with van der Waals surface area (Å²) in [5.41, 5.74) is 2.12. The number of hydrogen-bond donors (Lipinski definition) is 1. The number of imidazole rings is 1. The Morgan fingerprint density at radius 3 is 2.88 bits per heavy atom. The van der Waals surface area contributed by atoms with Gasteiger partial charge in [0.15, 0.2) is 0 Å². The van der Waals surface area contributed by atoms with Crippen LogP contribution in [0.1, 0.15) is 19.5 Å².